The maximum absolute atomic E-state index is 5.33. The van der Waals surface area contributed by atoms with Crippen molar-refractivity contribution in [2.75, 3.05) is 7.11 Å². The highest BCUT2D eigenvalue weighted by atomic mass is 16.5. The molecule has 0 amide bonds. The highest BCUT2D eigenvalue weighted by Crippen LogP contribution is 2.37. The van der Waals surface area contributed by atoms with Gasteiger partial charge < -0.3 is 9.14 Å². The van der Waals surface area contributed by atoms with Gasteiger partial charge in [-0.25, -0.2) is 0 Å². The van der Waals surface area contributed by atoms with E-state index in [0.717, 1.165) is 28.3 Å². The van der Waals surface area contributed by atoms with Crippen LogP contribution in [0, 0.1) is 0 Å². The third-order valence-corrected chi connectivity index (χ3v) is 4.98. The Kier molecular flexibility index (Phi) is 3.65. The maximum atomic E-state index is 5.33. The molecule has 27 heavy (non-hydrogen) atoms. The smallest absolute Gasteiger partial charge is 0.118 e. The molecule has 0 atom stereocenters. The largest absolute Gasteiger partial charge is 0.497 e. The second-order valence-electron chi connectivity index (χ2n) is 6.51. The summed E-state index contributed by atoms with van der Waals surface area (Å²) < 4.78 is 7.59. The van der Waals surface area contributed by atoms with E-state index < -0.39 is 0 Å². The van der Waals surface area contributed by atoms with Crippen LogP contribution in [-0.2, 0) is 0 Å². The fourth-order valence-electron chi connectivity index (χ4n) is 3.68. The molecule has 0 saturated heterocycles. The lowest BCUT2D eigenvalue weighted by molar-refractivity contribution is 0.415. The zero-order chi connectivity index (χ0) is 18.2. The summed E-state index contributed by atoms with van der Waals surface area (Å²) >= 11 is 0. The van der Waals surface area contributed by atoms with Crippen LogP contribution in [-0.4, -0.2) is 16.5 Å². The van der Waals surface area contributed by atoms with Gasteiger partial charge in [0, 0.05) is 23.3 Å². The van der Waals surface area contributed by atoms with Crippen LogP contribution >= 0.6 is 0 Å². The van der Waals surface area contributed by atoms with Crippen LogP contribution < -0.4 is 4.74 Å². The normalized spacial score (nSPS) is 11.1. The fourth-order valence-corrected chi connectivity index (χ4v) is 3.68. The summed E-state index contributed by atoms with van der Waals surface area (Å²) in [5, 5.41) is 2.47. The van der Waals surface area contributed by atoms with Gasteiger partial charge in [-0.05, 0) is 59.5 Å². The number of aromatic nitrogens is 2. The van der Waals surface area contributed by atoms with E-state index in [9.17, 15) is 0 Å². The van der Waals surface area contributed by atoms with Gasteiger partial charge in [0.05, 0.1) is 24.0 Å². The highest BCUT2D eigenvalue weighted by Gasteiger charge is 2.16. The molecule has 3 heterocycles. The Labute approximate surface area is 157 Å². The quantitative estimate of drug-likeness (QED) is 0.409. The van der Waals surface area contributed by atoms with Crippen molar-refractivity contribution in [1.29, 1.82) is 0 Å². The first kappa shape index (κ1) is 15.6. The van der Waals surface area contributed by atoms with Gasteiger partial charge in [-0.3, -0.25) is 4.98 Å². The van der Waals surface area contributed by atoms with Crippen molar-refractivity contribution < 1.29 is 4.74 Å². The summed E-state index contributed by atoms with van der Waals surface area (Å²) in [6.45, 7) is 0. The van der Waals surface area contributed by atoms with E-state index >= 15 is 0 Å². The van der Waals surface area contributed by atoms with E-state index in [1.54, 1.807) is 7.11 Å². The fraction of sp³-hybridized carbons (Fsp3) is 0.0417. The molecule has 3 aromatic heterocycles. The van der Waals surface area contributed by atoms with E-state index in [0.29, 0.717) is 0 Å². The summed E-state index contributed by atoms with van der Waals surface area (Å²) in [4.78, 5) is 4.61. The Morgan fingerprint density at radius 2 is 1.67 bits per heavy atom. The van der Waals surface area contributed by atoms with Gasteiger partial charge in [-0.1, -0.05) is 30.3 Å². The minimum absolute atomic E-state index is 0.851. The number of hydrogen-bond donors (Lipinski definition) is 0. The number of methoxy groups -OCH3 is 1. The van der Waals surface area contributed by atoms with Gasteiger partial charge in [0.25, 0.3) is 0 Å². The Morgan fingerprint density at radius 3 is 2.44 bits per heavy atom. The Morgan fingerprint density at radius 1 is 0.852 bits per heavy atom. The molecule has 2 aromatic carbocycles. The first-order valence-corrected chi connectivity index (χ1v) is 8.94. The van der Waals surface area contributed by atoms with Gasteiger partial charge in [0.1, 0.15) is 5.75 Å². The summed E-state index contributed by atoms with van der Waals surface area (Å²) in [5.74, 6) is 0.851. The summed E-state index contributed by atoms with van der Waals surface area (Å²) in [6, 6.07) is 27.1. The summed E-state index contributed by atoms with van der Waals surface area (Å²) in [5.41, 5.74) is 5.54. The third kappa shape index (κ3) is 2.56. The van der Waals surface area contributed by atoms with Gasteiger partial charge in [0.2, 0.25) is 0 Å². The Bertz CT molecular complexity index is 1240. The van der Waals surface area contributed by atoms with Gasteiger partial charge >= 0.3 is 0 Å². The molecule has 0 saturated carbocycles. The molecular weight excluding hydrogens is 332 g/mol. The van der Waals surface area contributed by atoms with E-state index in [2.05, 4.69) is 70.2 Å². The van der Waals surface area contributed by atoms with Crippen molar-refractivity contribution >= 4 is 16.3 Å². The summed E-state index contributed by atoms with van der Waals surface area (Å²) in [6.07, 6.45) is 3.98. The molecule has 3 heteroatoms. The number of benzene rings is 2. The van der Waals surface area contributed by atoms with Crippen molar-refractivity contribution in [3.8, 4) is 28.3 Å². The van der Waals surface area contributed by atoms with Crippen molar-refractivity contribution in [2.24, 2.45) is 0 Å². The van der Waals surface area contributed by atoms with E-state index in [1.165, 1.54) is 16.3 Å². The van der Waals surface area contributed by atoms with E-state index in [4.69, 9.17) is 4.74 Å². The molecule has 3 nitrogen and oxygen atoms in total. The molecule has 5 rings (SSSR count). The number of hydrogen-bond acceptors (Lipinski definition) is 2. The highest BCUT2D eigenvalue weighted by molar-refractivity contribution is 6.00. The van der Waals surface area contributed by atoms with Crippen LogP contribution in [0.25, 0.3) is 38.8 Å². The maximum Gasteiger partial charge on any atom is 0.118 e. The molecule has 130 valence electrons. The summed E-state index contributed by atoms with van der Waals surface area (Å²) in [7, 11) is 1.69. The molecule has 0 aliphatic carbocycles. The lowest BCUT2D eigenvalue weighted by Crippen LogP contribution is -1.91. The van der Waals surface area contributed by atoms with Crippen LogP contribution in [0.4, 0.5) is 0 Å². The van der Waals surface area contributed by atoms with E-state index in [1.807, 2.05) is 30.5 Å². The lowest BCUT2D eigenvalue weighted by Gasteiger charge is -2.09. The number of rotatable bonds is 3. The van der Waals surface area contributed by atoms with Crippen molar-refractivity contribution in [3.05, 3.63) is 91.3 Å². The predicted octanol–water partition coefficient (Wildman–Crippen LogP) is 5.83. The van der Waals surface area contributed by atoms with Gasteiger partial charge in [-0.15, -0.1) is 0 Å². The molecule has 0 fully saturated rings. The molecule has 0 spiro atoms. The Hall–Kier alpha value is -3.59. The lowest BCUT2D eigenvalue weighted by atomic mass is 10.0. The first-order valence-electron chi connectivity index (χ1n) is 8.94. The third-order valence-electron chi connectivity index (χ3n) is 4.98. The zero-order valence-corrected chi connectivity index (χ0v) is 15.0. The molecule has 0 aliphatic heterocycles. The molecule has 0 radical (unpaired) electrons. The minimum Gasteiger partial charge on any atom is -0.497 e. The minimum atomic E-state index is 0.851. The monoisotopic (exact) mass is 350 g/mol. The second-order valence-corrected chi connectivity index (χ2v) is 6.51. The predicted molar refractivity (Wildman–Crippen MR) is 110 cm³/mol. The molecule has 0 N–H and O–H groups in total. The van der Waals surface area contributed by atoms with Crippen LogP contribution in [0.1, 0.15) is 0 Å². The van der Waals surface area contributed by atoms with Crippen LogP contribution in [0.15, 0.2) is 91.3 Å². The first-order chi connectivity index (χ1) is 13.3. The number of ether oxygens (including phenoxy) is 1. The average Bonchev–Trinajstić information content (AvgIpc) is 3.14. The molecular formula is C24H18N2O. The van der Waals surface area contributed by atoms with Gasteiger partial charge in [-0.2, -0.15) is 0 Å². The molecule has 0 bridgehead atoms. The van der Waals surface area contributed by atoms with Crippen LogP contribution in [0.2, 0.25) is 0 Å². The number of fused-ring (bicyclic) bond motifs is 3. The van der Waals surface area contributed by atoms with Crippen LogP contribution in [0.5, 0.6) is 5.75 Å². The van der Waals surface area contributed by atoms with Gasteiger partial charge in [0.15, 0.2) is 0 Å². The zero-order valence-electron chi connectivity index (χ0n) is 15.0. The molecule has 5 aromatic rings. The second kappa shape index (κ2) is 6.29. The molecule has 0 unspecified atom stereocenters. The van der Waals surface area contributed by atoms with Crippen molar-refractivity contribution in [2.45, 2.75) is 0 Å². The van der Waals surface area contributed by atoms with Crippen LogP contribution in [0.3, 0.4) is 0 Å². The number of nitrogens with zero attached hydrogens (tertiary/aromatic N) is 2. The standard InChI is InChI=1S/C24H18N2O/c1-27-19-11-9-18(10-12-19)24-21(22-8-4-5-14-25-22)16-23-20-7-3-2-6-17(20)13-15-26(23)24/h2-16H,1H3. The number of pyridine rings is 2. The average molecular weight is 350 g/mol. The van der Waals surface area contributed by atoms with Crippen molar-refractivity contribution in [1.82, 2.24) is 9.38 Å². The topological polar surface area (TPSA) is 26.5 Å². The van der Waals surface area contributed by atoms with E-state index in [-0.39, 0.29) is 0 Å². The Balaban J connectivity index is 1.86. The SMILES string of the molecule is COc1ccc(-c2c(-c3ccccn3)cc3c4ccccc4ccn23)cc1. The molecule has 0 aliphatic rings. The van der Waals surface area contributed by atoms with Crippen molar-refractivity contribution in [3.63, 3.8) is 0 Å².